The molecule has 1 aromatic carbocycles. The van der Waals surface area contributed by atoms with Crippen molar-refractivity contribution in [1.29, 1.82) is 0 Å². The van der Waals surface area contributed by atoms with Gasteiger partial charge < -0.3 is 8.98 Å². The van der Waals surface area contributed by atoms with Crippen molar-refractivity contribution in [3.05, 3.63) is 53.0 Å². The fourth-order valence-electron chi connectivity index (χ4n) is 2.48. The molecule has 0 saturated heterocycles. The molecule has 3 rings (SSSR count). The molecule has 0 amide bonds. The van der Waals surface area contributed by atoms with Crippen molar-refractivity contribution >= 4 is 22.6 Å². The first-order valence-corrected chi connectivity index (χ1v) is 7.38. The Morgan fingerprint density at radius 2 is 2.10 bits per heavy atom. The Bertz CT molecular complexity index is 791. The third kappa shape index (κ3) is 2.68. The molecule has 0 saturated carbocycles. The Labute approximate surface area is 127 Å². The van der Waals surface area contributed by atoms with E-state index in [0.717, 1.165) is 22.9 Å². The smallest absolute Gasteiger partial charge is 0.128 e. The van der Waals surface area contributed by atoms with Crippen molar-refractivity contribution in [1.82, 2.24) is 9.55 Å². The Morgan fingerprint density at radius 3 is 2.76 bits per heavy atom. The van der Waals surface area contributed by atoms with Crippen LogP contribution in [0, 0.1) is 19.7 Å². The van der Waals surface area contributed by atoms with Gasteiger partial charge in [0.2, 0.25) is 0 Å². The predicted octanol–water partition coefficient (Wildman–Crippen LogP) is 4.21. The topological polar surface area (TPSA) is 31.0 Å². The third-order valence-corrected chi connectivity index (χ3v) is 3.72. The molecule has 21 heavy (non-hydrogen) atoms. The summed E-state index contributed by atoms with van der Waals surface area (Å²) in [5, 5.41) is 0. The number of aryl methyl sites for hydroxylation is 3. The van der Waals surface area contributed by atoms with Crippen molar-refractivity contribution in [2.75, 3.05) is 5.88 Å². The summed E-state index contributed by atoms with van der Waals surface area (Å²) in [6, 6.07) is 7.18. The van der Waals surface area contributed by atoms with Crippen LogP contribution < -0.4 is 0 Å². The third-order valence-electron chi connectivity index (χ3n) is 3.54. The molecule has 0 spiro atoms. The van der Waals surface area contributed by atoms with Crippen LogP contribution in [0.15, 0.2) is 28.7 Å². The van der Waals surface area contributed by atoms with Crippen LogP contribution in [-0.4, -0.2) is 15.4 Å². The SMILES string of the molecule is Cc1ccc(Cn2c(CCCl)nc3cc(F)c(C)cc32)o1. The zero-order valence-corrected chi connectivity index (χ0v) is 12.7. The van der Waals surface area contributed by atoms with Gasteiger partial charge in [0.1, 0.15) is 23.2 Å². The van der Waals surface area contributed by atoms with E-state index >= 15 is 0 Å². The molecule has 0 atom stereocenters. The van der Waals surface area contributed by atoms with E-state index in [1.54, 1.807) is 6.92 Å². The van der Waals surface area contributed by atoms with Crippen LogP contribution in [0.3, 0.4) is 0 Å². The zero-order valence-electron chi connectivity index (χ0n) is 12.0. The van der Waals surface area contributed by atoms with Gasteiger partial charge in [0.15, 0.2) is 0 Å². The molecule has 3 aromatic rings. The second kappa shape index (κ2) is 5.53. The summed E-state index contributed by atoms with van der Waals surface area (Å²) in [6.45, 7) is 4.24. The molecular formula is C16H16ClFN2O. The number of fused-ring (bicyclic) bond motifs is 1. The van der Waals surface area contributed by atoms with Crippen molar-refractivity contribution in [2.45, 2.75) is 26.8 Å². The summed E-state index contributed by atoms with van der Waals surface area (Å²) in [5.74, 6) is 2.81. The van der Waals surface area contributed by atoms with Gasteiger partial charge in [-0.05, 0) is 37.6 Å². The largest absolute Gasteiger partial charge is 0.464 e. The summed E-state index contributed by atoms with van der Waals surface area (Å²) in [6.07, 6.45) is 0.636. The van der Waals surface area contributed by atoms with Crippen LogP contribution in [0.5, 0.6) is 0 Å². The van der Waals surface area contributed by atoms with E-state index in [9.17, 15) is 4.39 Å². The molecule has 0 unspecified atom stereocenters. The molecule has 0 bridgehead atoms. The summed E-state index contributed by atoms with van der Waals surface area (Å²) < 4.78 is 21.4. The normalized spacial score (nSPS) is 11.4. The first-order chi connectivity index (χ1) is 10.1. The van der Waals surface area contributed by atoms with Gasteiger partial charge in [-0.25, -0.2) is 9.37 Å². The average Bonchev–Trinajstić information content (AvgIpc) is 2.97. The number of imidazole rings is 1. The van der Waals surface area contributed by atoms with E-state index in [1.165, 1.54) is 6.07 Å². The Morgan fingerprint density at radius 1 is 1.29 bits per heavy atom. The molecule has 2 heterocycles. The number of furan rings is 1. The second-order valence-electron chi connectivity index (χ2n) is 5.16. The average molecular weight is 307 g/mol. The van der Waals surface area contributed by atoms with Crippen LogP contribution in [0.25, 0.3) is 11.0 Å². The van der Waals surface area contributed by atoms with Crippen molar-refractivity contribution < 1.29 is 8.81 Å². The molecule has 110 valence electrons. The number of hydrogen-bond donors (Lipinski definition) is 0. The van der Waals surface area contributed by atoms with Crippen LogP contribution >= 0.6 is 11.6 Å². The molecule has 0 aliphatic rings. The van der Waals surface area contributed by atoms with Gasteiger partial charge in [0.25, 0.3) is 0 Å². The van der Waals surface area contributed by atoms with Gasteiger partial charge in [0, 0.05) is 18.4 Å². The number of rotatable bonds is 4. The van der Waals surface area contributed by atoms with Crippen molar-refractivity contribution in [3.63, 3.8) is 0 Å². The highest BCUT2D eigenvalue weighted by molar-refractivity contribution is 6.17. The molecule has 0 N–H and O–H groups in total. The van der Waals surface area contributed by atoms with E-state index in [0.29, 0.717) is 29.9 Å². The van der Waals surface area contributed by atoms with Gasteiger partial charge in [-0.2, -0.15) is 0 Å². The van der Waals surface area contributed by atoms with Gasteiger partial charge >= 0.3 is 0 Å². The fraction of sp³-hybridized carbons (Fsp3) is 0.312. The lowest BCUT2D eigenvalue weighted by atomic mass is 10.2. The molecular weight excluding hydrogens is 291 g/mol. The fourth-order valence-corrected chi connectivity index (χ4v) is 2.65. The van der Waals surface area contributed by atoms with Crippen molar-refractivity contribution in [3.8, 4) is 0 Å². The number of halogens is 2. The van der Waals surface area contributed by atoms with Crippen LogP contribution in [0.4, 0.5) is 4.39 Å². The zero-order chi connectivity index (χ0) is 15.0. The van der Waals surface area contributed by atoms with E-state index in [2.05, 4.69) is 4.98 Å². The summed E-state index contributed by atoms with van der Waals surface area (Å²) >= 11 is 5.85. The summed E-state index contributed by atoms with van der Waals surface area (Å²) in [5.41, 5.74) is 2.17. The molecule has 3 nitrogen and oxygen atoms in total. The minimum Gasteiger partial charge on any atom is -0.464 e. The lowest BCUT2D eigenvalue weighted by Crippen LogP contribution is -2.05. The molecule has 2 aromatic heterocycles. The lowest BCUT2D eigenvalue weighted by molar-refractivity contribution is 0.469. The van der Waals surface area contributed by atoms with E-state index in [1.807, 2.05) is 29.7 Å². The van der Waals surface area contributed by atoms with Gasteiger partial charge in [-0.15, -0.1) is 11.6 Å². The first kappa shape index (κ1) is 14.1. The number of benzene rings is 1. The standard InChI is InChI=1S/C16H16ClFN2O/c1-10-7-15-14(8-13(10)18)19-16(5-6-17)20(15)9-12-4-3-11(2)21-12/h3-4,7-8H,5-6,9H2,1-2H3. The van der Waals surface area contributed by atoms with E-state index < -0.39 is 0 Å². The molecule has 0 aliphatic heterocycles. The Hall–Kier alpha value is -1.81. The minimum absolute atomic E-state index is 0.238. The Kier molecular flexibility index (Phi) is 3.72. The highest BCUT2D eigenvalue weighted by atomic mass is 35.5. The maximum absolute atomic E-state index is 13.7. The van der Waals surface area contributed by atoms with Crippen LogP contribution in [-0.2, 0) is 13.0 Å². The second-order valence-corrected chi connectivity index (χ2v) is 5.53. The van der Waals surface area contributed by atoms with Crippen LogP contribution in [0.1, 0.15) is 22.9 Å². The van der Waals surface area contributed by atoms with Crippen molar-refractivity contribution in [2.24, 2.45) is 0 Å². The maximum atomic E-state index is 13.7. The number of nitrogens with zero attached hydrogens (tertiary/aromatic N) is 2. The highest BCUT2D eigenvalue weighted by Crippen LogP contribution is 2.22. The number of hydrogen-bond acceptors (Lipinski definition) is 2. The van der Waals surface area contributed by atoms with E-state index in [-0.39, 0.29) is 5.82 Å². The lowest BCUT2D eigenvalue weighted by Gasteiger charge is -2.07. The number of aromatic nitrogens is 2. The molecule has 5 heteroatoms. The quantitative estimate of drug-likeness (QED) is 0.676. The first-order valence-electron chi connectivity index (χ1n) is 6.85. The van der Waals surface area contributed by atoms with E-state index in [4.69, 9.17) is 16.0 Å². The summed E-state index contributed by atoms with van der Waals surface area (Å²) in [7, 11) is 0. The van der Waals surface area contributed by atoms with Gasteiger partial charge in [-0.1, -0.05) is 0 Å². The maximum Gasteiger partial charge on any atom is 0.128 e. The monoisotopic (exact) mass is 306 g/mol. The van der Waals surface area contributed by atoms with Gasteiger partial charge in [0.05, 0.1) is 17.6 Å². The summed E-state index contributed by atoms with van der Waals surface area (Å²) in [4.78, 5) is 4.50. The Balaban J connectivity index is 2.12. The van der Waals surface area contributed by atoms with Gasteiger partial charge in [-0.3, -0.25) is 0 Å². The number of alkyl halides is 1. The van der Waals surface area contributed by atoms with Crippen LogP contribution in [0.2, 0.25) is 0 Å². The molecule has 0 aliphatic carbocycles. The molecule has 0 fully saturated rings. The molecule has 0 radical (unpaired) electrons. The predicted molar refractivity (Wildman–Crippen MR) is 81.4 cm³/mol. The minimum atomic E-state index is -0.238. The highest BCUT2D eigenvalue weighted by Gasteiger charge is 2.14.